The van der Waals surface area contributed by atoms with Gasteiger partial charge >= 0.3 is 0 Å². The molecular formula is C25H27ClN6O2. The molecule has 2 aliphatic rings. The number of piperazine rings is 1. The molecule has 4 heterocycles. The average Bonchev–Trinajstić information content (AvgIpc) is 3.39. The molecule has 0 unspecified atom stereocenters. The molecule has 0 bridgehead atoms. The minimum absolute atomic E-state index is 0.113. The summed E-state index contributed by atoms with van der Waals surface area (Å²) < 4.78 is 0. The lowest BCUT2D eigenvalue weighted by atomic mass is 9.96. The number of benzene rings is 1. The van der Waals surface area contributed by atoms with Crippen molar-refractivity contribution in [2.45, 2.75) is 12.8 Å². The molecular weight excluding hydrogens is 452 g/mol. The molecule has 0 aliphatic carbocycles. The lowest BCUT2D eigenvalue weighted by Crippen LogP contribution is -2.53. The number of hydrogen-bond acceptors (Lipinski definition) is 5. The highest BCUT2D eigenvalue weighted by molar-refractivity contribution is 6.30. The van der Waals surface area contributed by atoms with Crippen LogP contribution in [0, 0.1) is 5.92 Å². The van der Waals surface area contributed by atoms with Gasteiger partial charge in [-0.2, -0.15) is 5.10 Å². The van der Waals surface area contributed by atoms with Crippen LogP contribution in [0.15, 0.2) is 54.9 Å². The molecule has 2 aromatic heterocycles. The number of carbonyl (C=O) groups excluding carboxylic acids is 2. The van der Waals surface area contributed by atoms with E-state index in [1.165, 1.54) is 0 Å². The third-order valence-corrected chi connectivity index (χ3v) is 6.88. The van der Waals surface area contributed by atoms with Crippen molar-refractivity contribution in [2.75, 3.05) is 44.2 Å². The van der Waals surface area contributed by atoms with E-state index < -0.39 is 0 Å². The minimum Gasteiger partial charge on any atom is -0.368 e. The Morgan fingerprint density at radius 2 is 1.68 bits per heavy atom. The maximum absolute atomic E-state index is 13.3. The molecule has 1 N–H and O–H groups in total. The van der Waals surface area contributed by atoms with Gasteiger partial charge in [-0.1, -0.05) is 11.6 Å². The Hall–Kier alpha value is -3.39. The van der Waals surface area contributed by atoms with E-state index in [2.05, 4.69) is 20.1 Å². The average molecular weight is 479 g/mol. The first kappa shape index (κ1) is 22.4. The van der Waals surface area contributed by atoms with E-state index in [1.807, 2.05) is 41.3 Å². The lowest BCUT2D eigenvalue weighted by Gasteiger charge is -2.39. The number of aromatic nitrogens is 3. The molecule has 176 valence electrons. The Balaban J connectivity index is 1.18. The molecule has 2 fully saturated rings. The summed E-state index contributed by atoms with van der Waals surface area (Å²) in [4.78, 5) is 36.4. The smallest absolute Gasteiger partial charge is 0.271 e. The molecule has 1 atom stereocenters. The van der Waals surface area contributed by atoms with E-state index in [4.69, 9.17) is 11.6 Å². The van der Waals surface area contributed by atoms with E-state index in [-0.39, 0.29) is 17.7 Å². The summed E-state index contributed by atoms with van der Waals surface area (Å²) in [6, 6.07) is 13.3. The van der Waals surface area contributed by atoms with Crippen molar-refractivity contribution in [3.05, 3.63) is 65.6 Å². The number of rotatable bonds is 4. The number of halogens is 1. The number of nitrogens with zero attached hydrogens (tertiary/aromatic N) is 5. The topological polar surface area (TPSA) is 85.4 Å². The number of amides is 2. The summed E-state index contributed by atoms with van der Waals surface area (Å²) in [6.07, 6.45) is 5.02. The molecule has 2 aliphatic heterocycles. The van der Waals surface area contributed by atoms with Crippen molar-refractivity contribution in [2.24, 2.45) is 5.92 Å². The zero-order valence-electron chi connectivity index (χ0n) is 18.9. The molecule has 5 rings (SSSR count). The molecule has 0 saturated carbocycles. The summed E-state index contributed by atoms with van der Waals surface area (Å²) in [6.45, 7) is 4.03. The monoisotopic (exact) mass is 478 g/mol. The van der Waals surface area contributed by atoms with E-state index in [0.717, 1.165) is 42.2 Å². The maximum atomic E-state index is 13.3. The standard InChI is InChI=1S/C25H27ClN6O2/c26-20-3-5-21(6-4-20)30-12-14-31(15-13-30)24(33)19-2-1-11-32(17-19)25(34)23-16-22(28-29-23)18-7-9-27-10-8-18/h3-10,16,19H,1-2,11-15,17H2,(H,28,29)/t19-/m0/s1. The van der Waals surface area contributed by atoms with Crippen molar-refractivity contribution in [1.82, 2.24) is 25.0 Å². The number of nitrogens with one attached hydrogen (secondary N) is 1. The van der Waals surface area contributed by atoms with Gasteiger partial charge in [0.05, 0.1) is 11.6 Å². The van der Waals surface area contributed by atoms with Gasteiger partial charge in [0, 0.05) is 67.9 Å². The number of hydrogen-bond donors (Lipinski definition) is 1. The molecule has 8 nitrogen and oxygen atoms in total. The van der Waals surface area contributed by atoms with Crippen molar-refractivity contribution in [1.29, 1.82) is 0 Å². The number of pyridine rings is 1. The van der Waals surface area contributed by atoms with E-state index >= 15 is 0 Å². The second-order valence-corrected chi connectivity index (χ2v) is 9.22. The fraction of sp³-hybridized carbons (Fsp3) is 0.360. The highest BCUT2D eigenvalue weighted by Gasteiger charge is 2.33. The van der Waals surface area contributed by atoms with Crippen molar-refractivity contribution >= 4 is 29.1 Å². The fourth-order valence-corrected chi connectivity index (χ4v) is 4.86. The van der Waals surface area contributed by atoms with Crippen molar-refractivity contribution < 1.29 is 9.59 Å². The van der Waals surface area contributed by atoms with Crippen LogP contribution in [0.5, 0.6) is 0 Å². The first-order chi connectivity index (χ1) is 16.6. The predicted octanol–water partition coefficient (Wildman–Crippen LogP) is 3.33. The maximum Gasteiger partial charge on any atom is 0.271 e. The van der Waals surface area contributed by atoms with Crippen LogP contribution in [0.1, 0.15) is 23.3 Å². The highest BCUT2D eigenvalue weighted by Crippen LogP contribution is 2.24. The number of carbonyl (C=O) groups is 2. The van der Waals surface area contributed by atoms with Gasteiger partial charge in [0.25, 0.3) is 5.91 Å². The van der Waals surface area contributed by atoms with Crippen LogP contribution in [0.3, 0.4) is 0 Å². The van der Waals surface area contributed by atoms with Crippen LogP contribution in [-0.2, 0) is 4.79 Å². The molecule has 0 radical (unpaired) electrons. The van der Waals surface area contributed by atoms with Crippen LogP contribution in [0.25, 0.3) is 11.3 Å². The van der Waals surface area contributed by atoms with Gasteiger partial charge in [0.2, 0.25) is 5.91 Å². The zero-order valence-corrected chi connectivity index (χ0v) is 19.6. The van der Waals surface area contributed by atoms with Gasteiger partial charge in [0.15, 0.2) is 0 Å². The summed E-state index contributed by atoms with van der Waals surface area (Å²) in [5.74, 6) is -0.129. The number of piperidine rings is 1. The largest absolute Gasteiger partial charge is 0.368 e. The van der Waals surface area contributed by atoms with E-state index in [9.17, 15) is 9.59 Å². The van der Waals surface area contributed by atoms with Gasteiger partial charge in [0.1, 0.15) is 5.69 Å². The highest BCUT2D eigenvalue weighted by atomic mass is 35.5. The van der Waals surface area contributed by atoms with Crippen LogP contribution in [-0.4, -0.2) is 76.1 Å². The molecule has 9 heteroatoms. The van der Waals surface area contributed by atoms with Crippen molar-refractivity contribution in [3.8, 4) is 11.3 Å². The Bertz CT molecular complexity index is 1140. The van der Waals surface area contributed by atoms with Gasteiger partial charge in [-0.05, 0) is 55.3 Å². The fourth-order valence-electron chi connectivity index (χ4n) is 4.73. The van der Waals surface area contributed by atoms with Gasteiger partial charge in [-0.25, -0.2) is 0 Å². The second-order valence-electron chi connectivity index (χ2n) is 8.78. The molecule has 0 spiro atoms. The van der Waals surface area contributed by atoms with Crippen LogP contribution < -0.4 is 4.90 Å². The first-order valence-electron chi connectivity index (χ1n) is 11.6. The van der Waals surface area contributed by atoms with Gasteiger partial charge in [-0.15, -0.1) is 0 Å². The Morgan fingerprint density at radius 3 is 2.41 bits per heavy atom. The minimum atomic E-state index is -0.164. The first-order valence-corrected chi connectivity index (χ1v) is 12.0. The Morgan fingerprint density at radius 1 is 0.941 bits per heavy atom. The summed E-state index contributed by atoms with van der Waals surface area (Å²) in [7, 11) is 0. The van der Waals surface area contributed by atoms with Gasteiger partial charge < -0.3 is 14.7 Å². The van der Waals surface area contributed by atoms with E-state index in [0.29, 0.717) is 37.6 Å². The second kappa shape index (κ2) is 9.85. The molecule has 2 saturated heterocycles. The lowest BCUT2D eigenvalue weighted by molar-refractivity contribution is -0.137. The Labute approximate surface area is 203 Å². The number of likely N-dealkylation sites (tertiary alicyclic amines) is 1. The molecule has 3 aromatic rings. The third-order valence-electron chi connectivity index (χ3n) is 6.63. The summed E-state index contributed by atoms with van der Waals surface area (Å²) in [5.41, 5.74) is 3.16. The number of anilines is 1. The van der Waals surface area contributed by atoms with Crippen LogP contribution in [0.2, 0.25) is 5.02 Å². The molecule has 2 amide bonds. The zero-order chi connectivity index (χ0) is 23.5. The third kappa shape index (κ3) is 4.77. The Kier molecular flexibility index (Phi) is 6.49. The number of aromatic amines is 1. The van der Waals surface area contributed by atoms with Crippen LogP contribution in [0.4, 0.5) is 5.69 Å². The quantitative estimate of drug-likeness (QED) is 0.621. The number of H-pyrrole nitrogens is 1. The molecule has 1 aromatic carbocycles. The predicted molar refractivity (Wildman–Crippen MR) is 131 cm³/mol. The summed E-state index contributed by atoms with van der Waals surface area (Å²) in [5, 5.41) is 7.86. The normalized spacial score (nSPS) is 18.7. The van der Waals surface area contributed by atoms with Crippen molar-refractivity contribution in [3.63, 3.8) is 0 Å². The van der Waals surface area contributed by atoms with Crippen LogP contribution >= 0.6 is 11.6 Å². The SMILES string of the molecule is O=C(c1cc(-c2ccncc2)n[nH]1)N1CCC[C@H](C(=O)N2CCN(c3ccc(Cl)cc3)CC2)C1. The van der Waals surface area contributed by atoms with Gasteiger partial charge in [-0.3, -0.25) is 19.7 Å². The van der Waals surface area contributed by atoms with E-state index in [1.54, 1.807) is 23.4 Å². The molecule has 34 heavy (non-hydrogen) atoms. The summed E-state index contributed by atoms with van der Waals surface area (Å²) >= 11 is 6.00.